The van der Waals surface area contributed by atoms with Crippen molar-refractivity contribution in [1.82, 2.24) is 9.62 Å². The number of sulfonamides is 1. The molecule has 0 aromatic heterocycles. The molecule has 4 heterocycles. The van der Waals surface area contributed by atoms with Crippen molar-refractivity contribution in [3.63, 3.8) is 0 Å². The second-order valence-corrected chi connectivity index (χ2v) is 15.1. The zero-order chi connectivity index (χ0) is 37.2. The van der Waals surface area contributed by atoms with Crippen LogP contribution >= 0.6 is 0 Å². The molecule has 3 aromatic carbocycles. The van der Waals surface area contributed by atoms with Gasteiger partial charge in [0.25, 0.3) is 17.6 Å². The first kappa shape index (κ1) is 34.5. The molecule has 3 aromatic rings. The van der Waals surface area contributed by atoms with Gasteiger partial charge in [0.2, 0.25) is 10.0 Å². The second kappa shape index (κ2) is 12.8. The maximum Gasteiger partial charge on any atom is 0.336 e. The smallest absolute Gasteiger partial charge is 0.336 e. The zero-order valence-corrected chi connectivity index (χ0v) is 29.1. The number of carboxylic acid groups (broad SMARTS) is 1. The van der Waals surface area contributed by atoms with E-state index in [1.807, 2.05) is 0 Å². The summed E-state index contributed by atoms with van der Waals surface area (Å²) in [6, 6.07) is 16.6. The van der Waals surface area contributed by atoms with E-state index in [1.165, 1.54) is 69.9 Å². The SMILES string of the molecule is CN1C(=O)C2(OCCCO2)c2cc(S(=O)(=O)N3CCC[C@H]3CNC(=O)c3ccc(-c4c5ccc(=O)cc-5oc5cc(O)ccc45)c(C(=O)O)c3)ccc21. The van der Waals surface area contributed by atoms with Gasteiger partial charge in [0.1, 0.15) is 17.1 Å². The van der Waals surface area contributed by atoms with Crippen molar-refractivity contribution in [1.29, 1.82) is 0 Å². The highest BCUT2D eigenvalue weighted by Gasteiger charge is 2.54. The predicted molar refractivity (Wildman–Crippen MR) is 190 cm³/mol. The number of carbonyl (C=O) groups is 3. The molecule has 15 heteroatoms. The lowest BCUT2D eigenvalue weighted by Gasteiger charge is -2.32. The van der Waals surface area contributed by atoms with Crippen molar-refractivity contribution in [3.8, 4) is 28.2 Å². The summed E-state index contributed by atoms with van der Waals surface area (Å²) in [6.07, 6.45) is 1.63. The van der Waals surface area contributed by atoms with E-state index in [9.17, 15) is 37.8 Å². The molecule has 5 aliphatic rings. The Morgan fingerprint density at radius 3 is 2.49 bits per heavy atom. The molecule has 0 saturated carbocycles. The molecule has 0 bridgehead atoms. The molecule has 2 saturated heterocycles. The summed E-state index contributed by atoms with van der Waals surface area (Å²) in [6.45, 7) is 0.740. The Kier molecular flexibility index (Phi) is 8.33. The van der Waals surface area contributed by atoms with Crippen LogP contribution in [0, 0.1) is 0 Å². The summed E-state index contributed by atoms with van der Waals surface area (Å²) in [5.74, 6) is -3.93. The number of hydrogen-bond acceptors (Lipinski definition) is 10. The van der Waals surface area contributed by atoms with E-state index in [0.717, 1.165) is 0 Å². The average Bonchev–Trinajstić information content (AvgIpc) is 3.71. The van der Waals surface area contributed by atoms with E-state index >= 15 is 0 Å². The monoisotopic (exact) mass is 739 g/mol. The summed E-state index contributed by atoms with van der Waals surface area (Å²) in [7, 11) is -2.51. The summed E-state index contributed by atoms with van der Waals surface area (Å²) in [5, 5.41) is 23.7. The maximum atomic E-state index is 14.0. The van der Waals surface area contributed by atoms with Crippen LogP contribution in [0.15, 0.2) is 86.9 Å². The molecule has 1 atom stereocenters. The lowest BCUT2D eigenvalue weighted by molar-refractivity contribution is -0.256. The van der Waals surface area contributed by atoms with Crippen molar-refractivity contribution in [2.24, 2.45) is 0 Å². The number of carbonyl (C=O) groups excluding carboxylic acids is 2. The Hall–Kier alpha value is -5.61. The molecule has 0 unspecified atom stereocenters. The third-order valence-corrected chi connectivity index (χ3v) is 12.0. The van der Waals surface area contributed by atoms with Gasteiger partial charge in [-0.05, 0) is 79.4 Å². The highest BCUT2D eigenvalue weighted by atomic mass is 32.2. The number of nitrogens with one attached hydrogen (secondary N) is 1. The van der Waals surface area contributed by atoms with Crippen LogP contribution in [0.1, 0.15) is 45.5 Å². The quantitative estimate of drug-likeness (QED) is 0.204. The molecule has 0 radical (unpaired) electrons. The minimum atomic E-state index is -4.09. The van der Waals surface area contributed by atoms with Crippen LogP contribution in [-0.2, 0) is 30.1 Å². The normalized spacial score (nSPS) is 18.5. The van der Waals surface area contributed by atoms with Crippen molar-refractivity contribution in [3.05, 3.63) is 99.7 Å². The Morgan fingerprint density at radius 1 is 0.943 bits per heavy atom. The molecule has 14 nitrogen and oxygen atoms in total. The number of rotatable bonds is 7. The standard InChI is InChI=1S/C38H33N3O11S/c1-40-31-12-8-25(19-30(31)38(37(40)47)50-14-3-15-51-38)53(48,49)41-13-2-4-22(41)20-39-35(44)21-5-9-26(29(16-21)36(45)46)34-27-10-6-23(42)17-32(27)52-33-18-24(43)7-11-28(33)34/h5-12,16-19,22,42H,2-4,13-15,20H2,1H3,(H,39,44)(H,45,46)/t22-/m0/s1. The van der Waals surface area contributed by atoms with Gasteiger partial charge in [0.05, 0.1) is 29.4 Å². The number of aromatic hydroxyl groups is 1. The predicted octanol–water partition coefficient (Wildman–Crippen LogP) is 4.12. The lowest BCUT2D eigenvalue weighted by atomic mass is 9.90. The van der Waals surface area contributed by atoms with Crippen molar-refractivity contribution < 1.29 is 46.9 Å². The third-order valence-electron chi connectivity index (χ3n) is 10.1. The molecular weight excluding hydrogens is 706 g/mol. The van der Waals surface area contributed by atoms with Crippen LogP contribution in [0.2, 0.25) is 0 Å². The highest BCUT2D eigenvalue weighted by molar-refractivity contribution is 7.89. The average molecular weight is 740 g/mol. The molecule has 4 aliphatic heterocycles. The number of fused-ring (bicyclic) bond motifs is 4. The third kappa shape index (κ3) is 5.63. The largest absolute Gasteiger partial charge is 0.508 e. The first-order valence-corrected chi connectivity index (χ1v) is 18.4. The van der Waals surface area contributed by atoms with E-state index in [1.54, 1.807) is 19.2 Å². The summed E-state index contributed by atoms with van der Waals surface area (Å²) < 4.78 is 46.9. The van der Waals surface area contributed by atoms with Crippen LogP contribution in [-0.4, -0.2) is 80.1 Å². The Morgan fingerprint density at radius 2 is 1.72 bits per heavy atom. The molecule has 53 heavy (non-hydrogen) atoms. The van der Waals surface area contributed by atoms with Crippen LogP contribution < -0.4 is 15.6 Å². The molecule has 2 amide bonds. The summed E-state index contributed by atoms with van der Waals surface area (Å²) in [4.78, 5) is 52.8. The zero-order valence-electron chi connectivity index (χ0n) is 28.3. The number of nitrogens with zero attached hydrogens (tertiary/aromatic N) is 2. The topological polar surface area (TPSA) is 193 Å². The number of phenols is 1. The lowest BCUT2D eigenvalue weighted by Crippen LogP contribution is -2.46. The van der Waals surface area contributed by atoms with Crippen molar-refractivity contribution in [2.75, 3.05) is 38.3 Å². The van der Waals surface area contributed by atoms with Gasteiger partial charge in [0.15, 0.2) is 5.43 Å². The van der Waals surface area contributed by atoms with E-state index in [4.69, 9.17) is 13.9 Å². The molecular formula is C38H33N3O11S. The van der Waals surface area contributed by atoms with Gasteiger partial charge in [-0.1, -0.05) is 6.07 Å². The van der Waals surface area contributed by atoms with Gasteiger partial charge in [-0.25, -0.2) is 13.2 Å². The van der Waals surface area contributed by atoms with Crippen LogP contribution in [0.4, 0.5) is 5.69 Å². The molecule has 3 N–H and O–H groups in total. The molecule has 272 valence electrons. The second-order valence-electron chi connectivity index (χ2n) is 13.2. The van der Waals surface area contributed by atoms with Gasteiger partial charge in [-0.2, -0.15) is 4.31 Å². The van der Waals surface area contributed by atoms with Crippen molar-refractivity contribution in [2.45, 2.75) is 36.0 Å². The number of aromatic carboxylic acids is 1. The first-order valence-electron chi connectivity index (χ1n) is 17.0. The van der Waals surface area contributed by atoms with Gasteiger partial charge in [-0.3, -0.25) is 14.4 Å². The van der Waals surface area contributed by atoms with E-state index in [-0.39, 0.29) is 70.4 Å². The minimum absolute atomic E-state index is 0.0353. The molecule has 8 rings (SSSR count). The maximum absolute atomic E-state index is 14.0. The Balaban J connectivity index is 1.06. The Bertz CT molecular complexity index is 2490. The van der Waals surface area contributed by atoms with Crippen LogP contribution in [0.25, 0.3) is 33.4 Å². The number of ether oxygens (including phenoxy) is 2. The number of phenolic OH excluding ortho intramolecular Hbond substituents is 1. The number of benzene rings is 4. The Labute approximate surface area is 302 Å². The van der Waals surface area contributed by atoms with Crippen LogP contribution in [0.3, 0.4) is 0 Å². The van der Waals surface area contributed by atoms with Crippen LogP contribution in [0.5, 0.6) is 5.75 Å². The van der Waals surface area contributed by atoms with Gasteiger partial charge < -0.3 is 34.3 Å². The first-order chi connectivity index (χ1) is 25.4. The number of amides is 2. The summed E-state index contributed by atoms with van der Waals surface area (Å²) in [5.41, 5.74) is 1.72. The number of hydrogen-bond donors (Lipinski definition) is 3. The molecule has 1 aliphatic carbocycles. The molecule has 2 fully saturated rings. The highest BCUT2D eigenvalue weighted by Crippen LogP contribution is 2.46. The minimum Gasteiger partial charge on any atom is -0.508 e. The number of carboxylic acids is 1. The summed E-state index contributed by atoms with van der Waals surface area (Å²) >= 11 is 0. The fraction of sp³-hybridized carbons (Fsp3) is 0.263. The van der Waals surface area contributed by atoms with E-state index in [2.05, 4.69) is 5.32 Å². The fourth-order valence-corrected chi connectivity index (χ4v) is 9.22. The molecule has 1 spiro atoms. The van der Waals surface area contributed by atoms with E-state index < -0.39 is 39.6 Å². The fourth-order valence-electron chi connectivity index (χ4n) is 7.50. The van der Waals surface area contributed by atoms with E-state index in [0.29, 0.717) is 47.0 Å². The van der Waals surface area contributed by atoms with Gasteiger partial charge >= 0.3 is 5.97 Å². The van der Waals surface area contributed by atoms with Crippen molar-refractivity contribution >= 4 is 44.5 Å². The number of anilines is 1. The van der Waals surface area contributed by atoms with Gasteiger partial charge in [-0.15, -0.1) is 0 Å². The number of likely N-dealkylation sites (N-methyl/N-ethyl adjacent to an activating group) is 1. The van der Waals surface area contributed by atoms with Gasteiger partial charge in [0, 0.05) is 66.0 Å².